The van der Waals surface area contributed by atoms with Crippen LogP contribution in [0.4, 0.5) is 0 Å². The van der Waals surface area contributed by atoms with Crippen molar-refractivity contribution in [2.75, 3.05) is 6.54 Å². The topological polar surface area (TPSA) is 37.6 Å². The maximum absolute atomic E-state index is 11.9. The van der Waals surface area contributed by atoms with Crippen molar-refractivity contribution in [3.8, 4) is 0 Å². The number of piperidine rings is 1. The summed E-state index contributed by atoms with van der Waals surface area (Å²) < 4.78 is 2.80. The van der Waals surface area contributed by atoms with Gasteiger partial charge in [-0.15, -0.1) is 0 Å². The molecule has 0 aromatic carbocycles. The number of fused-ring (bicyclic) bond motifs is 1. The van der Waals surface area contributed by atoms with Crippen LogP contribution in [0, 0.1) is 0 Å². The summed E-state index contributed by atoms with van der Waals surface area (Å²) in [5, 5.41) is 0. The standard InChI is InChI=1S/C13H14N3O.C2H6.Pb/c17-13-6-2-3-7-15(13)10-11-9-14-12-5-1-4-8-16(11)12;1-2;/h1,3-5,8-9H,2,6-7,10H2;1-2H3;. The average Bonchev–Trinajstić information content (AvgIpc) is 2.89. The van der Waals surface area contributed by atoms with E-state index in [0.717, 1.165) is 27.8 Å². The van der Waals surface area contributed by atoms with E-state index in [1.807, 2.05) is 49.3 Å². The third-order valence-corrected chi connectivity index (χ3v) is 5.18. The van der Waals surface area contributed by atoms with E-state index in [4.69, 9.17) is 0 Å². The molecule has 1 unspecified atom stereocenters. The monoisotopic (exact) mass is 466 g/mol. The van der Waals surface area contributed by atoms with Crippen LogP contribution in [0.3, 0.4) is 0 Å². The molecule has 1 amide bonds. The second-order valence-corrected chi connectivity index (χ2v) is 7.86. The van der Waals surface area contributed by atoms with Crippen molar-refractivity contribution in [2.24, 2.45) is 0 Å². The third kappa shape index (κ3) is 3.39. The van der Waals surface area contributed by atoms with Gasteiger partial charge in [0, 0.05) is 0 Å². The molecule has 105 valence electrons. The molecule has 1 fully saturated rings. The van der Waals surface area contributed by atoms with E-state index >= 15 is 0 Å². The number of hydrogen-bond acceptors (Lipinski definition) is 2. The van der Waals surface area contributed by atoms with Crippen LogP contribution in [0.5, 0.6) is 0 Å². The van der Waals surface area contributed by atoms with E-state index in [2.05, 4.69) is 9.38 Å². The first-order valence-electron chi connectivity index (χ1n) is 7.14. The van der Waals surface area contributed by atoms with Crippen LogP contribution < -0.4 is 0 Å². The summed E-state index contributed by atoms with van der Waals surface area (Å²) in [6, 6.07) is 5.95. The van der Waals surface area contributed by atoms with Gasteiger partial charge in [-0.25, -0.2) is 0 Å². The maximum atomic E-state index is 11.9. The Bertz CT molecular complexity index is 581. The second kappa shape index (κ2) is 7.19. The molecular weight excluding hydrogens is 445 g/mol. The van der Waals surface area contributed by atoms with Crippen molar-refractivity contribution in [3.05, 3.63) is 36.3 Å². The zero-order valence-corrected chi connectivity index (χ0v) is 15.9. The van der Waals surface area contributed by atoms with Crippen LogP contribution in [0.2, 0.25) is 3.48 Å². The molecule has 3 heterocycles. The molecule has 4 nitrogen and oxygen atoms in total. The van der Waals surface area contributed by atoms with Gasteiger partial charge < -0.3 is 0 Å². The van der Waals surface area contributed by atoms with Crippen LogP contribution in [0.25, 0.3) is 5.65 Å². The zero-order chi connectivity index (χ0) is 14.5. The van der Waals surface area contributed by atoms with Crippen LogP contribution in [0.15, 0.2) is 30.6 Å². The molecule has 20 heavy (non-hydrogen) atoms. The minimum absolute atomic E-state index is 0.285. The minimum atomic E-state index is 0.285. The molecule has 3 rings (SSSR count). The van der Waals surface area contributed by atoms with Crippen molar-refractivity contribution in [2.45, 2.75) is 36.7 Å². The molecule has 0 spiro atoms. The van der Waals surface area contributed by atoms with Gasteiger partial charge in [0.1, 0.15) is 0 Å². The Morgan fingerprint density at radius 2 is 2.20 bits per heavy atom. The molecule has 1 aliphatic heterocycles. The summed E-state index contributed by atoms with van der Waals surface area (Å²) in [7, 11) is 0. The van der Waals surface area contributed by atoms with Gasteiger partial charge in [0.15, 0.2) is 0 Å². The Labute approximate surface area is 135 Å². The molecule has 0 saturated carbocycles. The number of likely N-dealkylation sites (tertiary alicyclic amines) is 1. The summed E-state index contributed by atoms with van der Waals surface area (Å²) in [5.74, 6) is 0.285. The summed E-state index contributed by atoms with van der Waals surface area (Å²) >= 11 is 1.17. The predicted octanol–water partition coefficient (Wildman–Crippen LogP) is 2.44. The van der Waals surface area contributed by atoms with Crippen molar-refractivity contribution < 1.29 is 4.79 Å². The fourth-order valence-electron chi connectivity index (χ4n) is 2.37. The van der Waals surface area contributed by atoms with Crippen LogP contribution >= 0.6 is 0 Å². The third-order valence-electron chi connectivity index (χ3n) is 3.35. The normalized spacial score (nSPS) is 18.9. The molecule has 0 aliphatic carbocycles. The zero-order valence-electron chi connectivity index (χ0n) is 12.0. The van der Waals surface area contributed by atoms with E-state index in [0.29, 0.717) is 13.0 Å². The van der Waals surface area contributed by atoms with Crippen LogP contribution in [-0.2, 0) is 11.3 Å². The molecule has 3 radical (unpaired) electrons. The van der Waals surface area contributed by atoms with Crippen molar-refractivity contribution in [3.63, 3.8) is 0 Å². The SMILES string of the molecule is CC.O=C1CC[CH]([Pb])CN1Cc1cnc2ccccn12. The number of carbonyl (C=O) groups is 1. The van der Waals surface area contributed by atoms with Gasteiger partial charge in [-0.1, -0.05) is 13.8 Å². The van der Waals surface area contributed by atoms with Gasteiger partial charge in [-0.2, -0.15) is 0 Å². The van der Waals surface area contributed by atoms with Crippen molar-refractivity contribution in [1.82, 2.24) is 14.3 Å². The van der Waals surface area contributed by atoms with Gasteiger partial charge in [-0.05, 0) is 0 Å². The van der Waals surface area contributed by atoms with Crippen LogP contribution in [0.1, 0.15) is 32.4 Å². The number of rotatable bonds is 2. The van der Waals surface area contributed by atoms with Crippen molar-refractivity contribution in [1.29, 1.82) is 0 Å². The molecule has 2 aromatic rings. The Balaban J connectivity index is 0.000000704. The number of pyridine rings is 1. The Kier molecular flexibility index (Phi) is 5.56. The Morgan fingerprint density at radius 1 is 1.40 bits per heavy atom. The van der Waals surface area contributed by atoms with E-state index < -0.39 is 0 Å². The Hall–Kier alpha value is -0.918. The first-order valence-corrected chi connectivity index (χ1v) is 9.38. The predicted molar refractivity (Wildman–Crippen MR) is 80.7 cm³/mol. The van der Waals surface area contributed by atoms with Gasteiger partial charge in [0.05, 0.1) is 0 Å². The molecule has 0 bridgehead atoms. The van der Waals surface area contributed by atoms with Gasteiger partial charge in [-0.3, -0.25) is 0 Å². The van der Waals surface area contributed by atoms with Gasteiger partial charge in [0.25, 0.3) is 0 Å². The summed E-state index contributed by atoms with van der Waals surface area (Å²) in [6.45, 7) is 5.61. The van der Waals surface area contributed by atoms with E-state index in [1.54, 1.807) is 0 Å². The summed E-state index contributed by atoms with van der Waals surface area (Å²) in [6.07, 6.45) is 5.67. The summed E-state index contributed by atoms with van der Waals surface area (Å²) in [4.78, 5) is 18.3. The fraction of sp³-hybridized carbons (Fsp3) is 0.467. The quantitative estimate of drug-likeness (QED) is 0.639. The number of carbonyl (C=O) groups excluding carboxylic acids is 1. The molecule has 0 N–H and O–H groups in total. The van der Waals surface area contributed by atoms with Crippen LogP contribution in [-0.4, -0.2) is 52.5 Å². The number of nitrogens with zero attached hydrogens (tertiary/aromatic N) is 3. The molecule has 1 aliphatic rings. The Morgan fingerprint density at radius 3 is 3.00 bits per heavy atom. The first kappa shape index (κ1) is 15.5. The first-order chi connectivity index (χ1) is 9.74. The number of amides is 1. The van der Waals surface area contributed by atoms with Gasteiger partial charge in [0.2, 0.25) is 0 Å². The van der Waals surface area contributed by atoms with Gasteiger partial charge >= 0.3 is 122 Å². The molecule has 1 saturated heterocycles. The summed E-state index contributed by atoms with van der Waals surface area (Å²) in [5.41, 5.74) is 2.04. The van der Waals surface area contributed by atoms with E-state index in [1.165, 1.54) is 25.8 Å². The number of imidazole rings is 1. The molecule has 1 atom stereocenters. The van der Waals surface area contributed by atoms with E-state index in [9.17, 15) is 4.79 Å². The molecule has 5 heteroatoms. The molecule has 2 aromatic heterocycles. The average molecular weight is 466 g/mol. The number of hydrogen-bond donors (Lipinski definition) is 0. The fourth-order valence-corrected chi connectivity index (χ4v) is 3.78. The second-order valence-electron chi connectivity index (χ2n) is 4.69. The number of aromatic nitrogens is 2. The molecular formula is C15H20N3OPb. The van der Waals surface area contributed by atoms with Crippen molar-refractivity contribution >= 4 is 37.3 Å². The van der Waals surface area contributed by atoms with E-state index in [-0.39, 0.29) is 5.91 Å².